The van der Waals surface area contributed by atoms with Crippen molar-refractivity contribution >= 4 is 45.3 Å². The van der Waals surface area contributed by atoms with Crippen LogP contribution < -0.4 is 9.80 Å². The number of furan rings is 4. The van der Waals surface area contributed by atoms with Crippen molar-refractivity contribution in [1.29, 1.82) is 0 Å². The maximum absolute atomic E-state index is 13.3. The Kier molecular flexibility index (Phi) is 11.8. The van der Waals surface area contributed by atoms with Crippen LogP contribution in [0.2, 0.25) is 0 Å². The number of carbonyl (C=O) groups is 2. The maximum Gasteiger partial charge on any atom is 0.231 e. The lowest BCUT2D eigenvalue weighted by molar-refractivity contribution is -0.118. The first-order valence-corrected chi connectivity index (χ1v) is 22.4. The molecule has 0 unspecified atom stereocenters. The van der Waals surface area contributed by atoms with E-state index in [9.17, 15) is 9.59 Å². The molecule has 0 spiro atoms. The van der Waals surface area contributed by atoms with Crippen molar-refractivity contribution in [3.63, 3.8) is 0 Å². The lowest BCUT2D eigenvalue weighted by atomic mass is 9.99. The number of carbonyl (C=O) groups excluding carboxylic acids is 2. The van der Waals surface area contributed by atoms with E-state index < -0.39 is 0 Å². The second-order valence-electron chi connectivity index (χ2n) is 17.0. The number of hydrogen-bond acceptors (Lipinski definition) is 10. The van der Waals surface area contributed by atoms with Crippen LogP contribution >= 0.6 is 0 Å². The minimum atomic E-state index is 0. The normalized spacial score (nSPS) is 12.9. The first-order valence-electron chi connectivity index (χ1n) is 22.4. The van der Waals surface area contributed by atoms with Crippen LogP contribution in [0.3, 0.4) is 0 Å². The van der Waals surface area contributed by atoms with E-state index in [2.05, 4.69) is 44.2 Å². The predicted molar refractivity (Wildman–Crippen MR) is 263 cm³/mol. The highest BCUT2D eigenvalue weighted by Gasteiger charge is 2.26. The Balaban J connectivity index is 0.000000156. The van der Waals surface area contributed by atoms with Crippen LogP contribution in [0.25, 0.3) is 67.9 Å². The van der Waals surface area contributed by atoms with Gasteiger partial charge in [0, 0.05) is 24.5 Å². The largest absolute Gasteiger partial charge is 0.463 e. The van der Waals surface area contributed by atoms with Gasteiger partial charge >= 0.3 is 0 Å². The van der Waals surface area contributed by atoms with Crippen LogP contribution in [0.5, 0.6) is 0 Å². The van der Waals surface area contributed by atoms with Crippen LogP contribution in [-0.2, 0) is 35.3 Å². The molecular formula is C56H48N6O6. The number of rotatable bonds is 8. The van der Waals surface area contributed by atoms with Gasteiger partial charge in [0.25, 0.3) is 0 Å². The summed E-state index contributed by atoms with van der Waals surface area (Å²) < 4.78 is 22.4. The molecule has 10 aromatic rings. The molecule has 6 aromatic heterocycles. The molecule has 0 N–H and O–H groups in total. The van der Waals surface area contributed by atoms with Gasteiger partial charge in [0.2, 0.25) is 11.8 Å². The summed E-state index contributed by atoms with van der Waals surface area (Å²) in [5.41, 5.74) is 14.1. The Morgan fingerprint density at radius 2 is 0.868 bits per heavy atom. The molecular weight excluding hydrogens is 853 g/mol. The highest BCUT2D eigenvalue weighted by Crippen LogP contribution is 2.35. The summed E-state index contributed by atoms with van der Waals surface area (Å²) in [4.78, 5) is 49.5. The zero-order chi connectivity index (χ0) is 45.4. The lowest BCUT2D eigenvalue weighted by Gasteiger charge is -2.30. The van der Waals surface area contributed by atoms with Crippen molar-refractivity contribution < 1.29 is 27.3 Å². The Morgan fingerprint density at radius 1 is 0.471 bits per heavy atom. The molecule has 0 radical (unpaired) electrons. The van der Waals surface area contributed by atoms with Gasteiger partial charge in [-0.25, -0.2) is 19.9 Å². The van der Waals surface area contributed by atoms with Gasteiger partial charge < -0.3 is 27.5 Å². The number of nitrogens with zero attached hydrogens (tertiary/aromatic N) is 6. The number of aryl methyl sites for hydroxylation is 3. The summed E-state index contributed by atoms with van der Waals surface area (Å²) in [6.45, 7) is 5.64. The molecule has 0 atom stereocenters. The van der Waals surface area contributed by atoms with Crippen LogP contribution in [0, 0.1) is 13.8 Å². The third-order valence-corrected chi connectivity index (χ3v) is 12.3. The van der Waals surface area contributed by atoms with E-state index in [4.69, 9.17) is 37.6 Å². The molecule has 12 rings (SSSR count). The molecule has 68 heavy (non-hydrogen) atoms. The van der Waals surface area contributed by atoms with Crippen LogP contribution in [0.15, 0.2) is 164 Å². The number of anilines is 2. The summed E-state index contributed by atoms with van der Waals surface area (Å²) in [6, 6.07) is 38.9. The molecule has 2 aliphatic heterocycles. The fourth-order valence-electron chi connectivity index (χ4n) is 9.07. The number of aromatic nitrogens is 4. The van der Waals surface area contributed by atoms with E-state index in [1.165, 1.54) is 22.3 Å². The topological polar surface area (TPSA) is 145 Å². The molecule has 2 aliphatic rings. The smallest absolute Gasteiger partial charge is 0.231 e. The summed E-state index contributed by atoms with van der Waals surface area (Å²) >= 11 is 0. The van der Waals surface area contributed by atoms with Gasteiger partial charge in [-0.15, -0.1) is 0 Å². The van der Waals surface area contributed by atoms with Gasteiger partial charge in [0.1, 0.15) is 22.8 Å². The van der Waals surface area contributed by atoms with E-state index >= 15 is 0 Å². The van der Waals surface area contributed by atoms with E-state index in [0.717, 1.165) is 65.9 Å². The van der Waals surface area contributed by atoms with E-state index in [0.29, 0.717) is 69.7 Å². The highest BCUT2D eigenvalue weighted by atomic mass is 16.3. The van der Waals surface area contributed by atoms with Crippen molar-refractivity contribution in [3.8, 4) is 45.8 Å². The molecule has 0 bridgehead atoms. The average molecular weight is 901 g/mol. The molecule has 0 saturated heterocycles. The Bertz CT molecular complexity index is 3410. The second-order valence-corrected chi connectivity index (χ2v) is 17.0. The van der Waals surface area contributed by atoms with Crippen LogP contribution in [0.4, 0.5) is 11.4 Å². The summed E-state index contributed by atoms with van der Waals surface area (Å²) in [5.74, 6) is 2.65. The molecule has 12 nitrogen and oxygen atoms in total. The van der Waals surface area contributed by atoms with Gasteiger partial charge in [0.05, 0.1) is 60.0 Å². The first kappa shape index (κ1) is 43.5. The Hall–Kier alpha value is -8.38. The van der Waals surface area contributed by atoms with E-state index in [-0.39, 0.29) is 19.2 Å². The highest BCUT2D eigenvalue weighted by molar-refractivity contribution is 5.98. The minimum absolute atomic E-state index is 0. The fourth-order valence-corrected chi connectivity index (χ4v) is 9.07. The van der Waals surface area contributed by atoms with Gasteiger partial charge in [-0.05, 0) is 140 Å². The number of amides is 2. The summed E-state index contributed by atoms with van der Waals surface area (Å²) in [5, 5.41) is 0. The molecule has 4 aromatic carbocycles. The van der Waals surface area contributed by atoms with Gasteiger partial charge in [0.15, 0.2) is 23.0 Å². The number of hydrogen-bond donors (Lipinski definition) is 0. The molecule has 0 fully saturated rings. The monoisotopic (exact) mass is 900 g/mol. The predicted octanol–water partition coefficient (Wildman–Crippen LogP) is 12.2. The van der Waals surface area contributed by atoms with Crippen molar-refractivity contribution in [2.45, 2.75) is 53.4 Å². The Morgan fingerprint density at radius 3 is 1.28 bits per heavy atom. The fraction of sp³-hybridized carbons (Fsp3) is 0.179. The van der Waals surface area contributed by atoms with E-state index in [1.807, 2.05) is 101 Å². The maximum atomic E-state index is 13.3. The third kappa shape index (κ3) is 8.59. The minimum Gasteiger partial charge on any atom is -0.463 e. The molecule has 8 heterocycles. The van der Waals surface area contributed by atoms with Crippen LogP contribution in [0.1, 0.15) is 47.2 Å². The Labute approximate surface area is 392 Å². The summed E-state index contributed by atoms with van der Waals surface area (Å²) in [6.07, 6.45) is 9.95. The van der Waals surface area contributed by atoms with Gasteiger partial charge in [-0.2, -0.15) is 0 Å². The number of fused-ring (bicyclic) bond motifs is 4. The average Bonchev–Trinajstić information content (AvgIpc) is 4.21. The molecule has 0 saturated carbocycles. The lowest BCUT2D eigenvalue weighted by Crippen LogP contribution is -2.36. The van der Waals surface area contributed by atoms with Crippen molar-refractivity contribution in [1.82, 2.24) is 19.9 Å². The third-order valence-electron chi connectivity index (χ3n) is 12.3. The SMILES string of the molecule is C.Cc1ccc2c(c1)CCCN2C(=O)Cc1ccc2nc(-c3ccco3)c(-c3ccco3)nc2c1.Cc1ccc2c(c1)CCN2C(=O)Cc1ccc2nc(-c3ccco3)c(-c3ccco3)nc2c1. The zero-order valence-electron chi connectivity index (χ0n) is 36.9. The van der Waals surface area contributed by atoms with Gasteiger partial charge in [-0.1, -0.05) is 55.0 Å². The van der Waals surface area contributed by atoms with Crippen molar-refractivity contribution in [2.75, 3.05) is 22.9 Å². The molecule has 2 amide bonds. The number of benzene rings is 4. The zero-order valence-corrected chi connectivity index (χ0v) is 36.9. The molecule has 0 aliphatic carbocycles. The standard InChI is InChI=1S/C28H23N3O3.C27H21N3O3.CH4/c1-18-8-11-23-20(15-18)5-2-12-31(23)26(32)17-19-9-10-21-22(16-19)30-28(25-7-4-14-34-25)27(29-21)24-6-3-13-33-24;1-17-6-9-22-19(14-17)10-11-30(22)25(31)16-18-7-8-20-21(15-18)29-27(24-5-3-13-33-24)26(28-20)23-4-2-12-32-23;/h3-4,6-11,13-16H,2,5,12,17H2,1H3;2-9,12-15H,10-11,16H2,1H3;1H4. The van der Waals surface area contributed by atoms with Crippen LogP contribution in [-0.4, -0.2) is 44.8 Å². The second kappa shape index (κ2) is 18.5. The molecule has 338 valence electrons. The van der Waals surface area contributed by atoms with Gasteiger partial charge in [-0.3, -0.25) is 9.59 Å². The molecule has 12 heteroatoms. The van der Waals surface area contributed by atoms with Crippen molar-refractivity contribution in [3.05, 3.63) is 180 Å². The summed E-state index contributed by atoms with van der Waals surface area (Å²) in [7, 11) is 0. The first-order chi connectivity index (χ1) is 32.8. The van der Waals surface area contributed by atoms with Crippen molar-refractivity contribution in [2.24, 2.45) is 0 Å². The van der Waals surface area contributed by atoms with E-state index in [1.54, 1.807) is 25.1 Å². The quantitative estimate of drug-likeness (QED) is 0.144.